The van der Waals surface area contributed by atoms with E-state index in [0.717, 1.165) is 24.8 Å². The van der Waals surface area contributed by atoms with E-state index in [-0.39, 0.29) is 17.5 Å². The Bertz CT molecular complexity index is 1100. The van der Waals surface area contributed by atoms with Crippen molar-refractivity contribution >= 4 is 5.71 Å². The molecule has 0 saturated carbocycles. The fourth-order valence-corrected chi connectivity index (χ4v) is 5.45. The minimum atomic E-state index is -0.117. The first-order valence-corrected chi connectivity index (χ1v) is 16.9. The summed E-state index contributed by atoms with van der Waals surface area (Å²) < 4.78 is 12.7. The van der Waals surface area contributed by atoms with Gasteiger partial charge >= 0.3 is 0 Å². The van der Waals surface area contributed by atoms with Crippen LogP contribution in [0.25, 0.3) is 0 Å². The minimum absolute atomic E-state index is 0.0357. The fourth-order valence-electron chi connectivity index (χ4n) is 5.45. The van der Waals surface area contributed by atoms with Crippen LogP contribution in [-0.4, -0.2) is 65.9 Å². The summed E-state index contributed by atoms with van der Waals surface area (Å²) in [7, 11) is 0. The van der Waals surface area contributed by atoms with E-state index in [2.05, 4.69) is 65.7 Å². The molecule has 6 heteroatoms. The van der Waals surface area contributed by atoms with Gasteiger partial charge < -0.3 is 15.3 Å². The number of rotatable bonds is 11. The van der Waals surface area contributed by atoms with Gasteiger partial charge in [0, 0.05) is 37.3 Å². The van der Waals surface area contributed by atoms with Gasteiger partial charge in [-0.1, -0.05) is 63.6 Å². The van der Waals surface area contributed by atoms with Crippen LogP contribution in [0, 0.1) is 19.8 Å². The van der Waals surface area contributed by atoms with E-state index >= 15 is 0 Å². The molecule has 2 heterocycles. The number of aliphatic hydroxyl groups is 1. The molecule has 1 aromatic carbocycles. The number of nitrogens with one attached hydrogen (secondary N) is 1. The summed E-state index contributed by atoms with van der Waals surface area (Å²) in [4.78, 5) is 9.41. The molecule has 1 atom stereocenters. The van der Waals surface area contributed by atoms with Crippen molar-refractivity contribution in [2.45, 2.75) is 107 Å². The number of likely N-dealkylation sites (tertiary alicyclic amines) is 2. The fraction of sp³-hybridized carbons (Fsp3) is 0.605. The molecule has 3 rings (SSSR count). The zero-order chi connectivity index (χ0) is 33.1. The monoisotopic (exact) mass is 610 g/mol. The van der Waals surface area contributed by atoms with Gasteiger partial charge in [0.15, 0.2) is 0 Å². The largest absolute Gasteiger partial charge is 0.506 e. The second kappa shape index (κ2) is 21.9. The van der Waals surface area contributed by atoms with Crippen LogP contribution in [0.3, 0.4) is 0 Å². The molecule has 2 saturated heterocycles. The Balaban J connectivity index is 0.000000418. The number of halogens is 1. The Morgan fingerprint density at radius 3 is 2.25 bits per heavy atom. The lowest BCUT2D eigenvalue weighted by Gasteiger charge is -2.40. The highest BCUT2D eigenvalue weighted by molar-refractivity contribution is 5.96. The average Bonchev–Trinajstić information content (AvgIpc) is 3.02. The maximum absolute atomic E-state index is 12.7. The summed E-state index contributed by atoms with van der Waals surface area (Å²) in [5, 5.41) is 13.3. The summed E-state index contributed by atoms with van der Waals surface area (Å²) >= 11 is 0. The van der Waals surface area contributed by atoms with Gasteiger partial charge in [0.25, 0.3) is 0 Å². The van der Waals surface area contributed by atoms with Crippen LogP contribution in [-0.2, 0) is 6.54 Å². The van der Waals surface area contributed by atoms with Crippen molar-refractivity contribution in [3.63, 3.8) is 0 Å². The number of aliphatic imine (C=N–C) groups is 1. The Labute approximate surface area is 269 Å². The molecule has 0 bridgehead atoms. The summed E-state index contributed by atoms with van der Waals surface area (Å²) in [5.41, 5.74) is 6.62. The van der Waals surface area contributed by atoms with E-state index in [1.54, 1.807) is 12.2 Å². The third kappa shape index (κ3) is 15.3. The number of benzene rings is 1. The first-order valence-electron chi connectivity index (χ1n) is 16.9. The Morgan fingerprint density at radius 1 is 1.05 bits per heavy atom. The third-order valence-corrected chi connectivity index (χ3v) is 8.35. The Hall–Kier alpha value is -2.70. The van der Waals surface area contributed by atoms with Crippen LogP contribution >= 0.6 is 0 Å². The number of aryl methyl sites for hydroxylation is 2. The predicted molar refractivity (Wildman–Crippen MR) is 190 cm³/mol. The van der Waals surface area contributed by atoms with Gasteiger partial charge in [-0.3, -0.25) is 9.89 Å². The van der Waals surface area contributed by atoms with E-state index in [9.17, 15) is 9.50 Å². The van der Waals surface area contributed by atoms with Crippen molar-refractivity contribution in [3.8, 4) is 0 Å². The third-order valence-electron chi connectivity index (χ3n) is 8.35. The van der Waals surface area contributed by atoms with E-state index < -0.39 is 0 Å². The van der Waals surface area contributed by atoms with E-state index in [0.29, 0.717) is 12.3 Å². The van der Waals surface area contributed by atoms with Gasteiger partial charge in [0.1, 0.15) is 5.76 Å². The highest BCUT2D eigenvalue weighted by Gasteiger charge is 2.25. The molecule has 2 fully saturated rings. The van der Waals surface area contributed by atoms with Gasteiger partial charge in [-0.2, -0.15) is 0 Å². The molecule has 0 amide bonds. The zero-order valence-corrected chi connectivity index (χ0v) is 29.5. The molecule has 1 unspecified atom stereocenters. The quantitative estimate of drug-likeness (QED) is 0.149. The lowest BCUT2D eigenvalue weighted by Crippen LogP contribution is -2.46. The van der Waals surface area contributed by atoms with Crippen molar-refractivity contribution in [1.29, 1.82) is 0 Å². The van der Waals surface area contributed by atoms with E-state index in [4.69, 9.17) is 0 Å². The molecule has 0 spiro atoms. The highest BCUT2D eigenvalue weighted by atomic mass is 19.1. The SMILES string of the molecule is C/C(F)=C\C=C(/C)CN1CCC(N2CCCCC2)CC1.C=C(NCc1ccc(C)c(C)c1)C(C)/C=C(/O)C(C)=NCC.CC. The molecule has 0 aromatic heterocycles. The number of hydrogen-bond acceptors (Lipinski definition) is 5. The van der Waals surface area contributed by atoms with Gasteiger partial charge in [-0.05, 0) is 122 Å². The molecule has 2 aliphatic rings. The van der Waals surface area contributed by atoms with Crippen LogP contribution in [0.4, 0.5) is 4.39 Å². The minimum Gasteiger partial charge on any atom is -0.506 e. The van der Waals surface area contributed by atoms with Gasteiger partial charge in [0.2, 0.25) is 0 Å². The van der Waals surface area contributed by atoms with E-state index in [1.807, 2.05) is 40.7 Å². The van der Waals surface area contributed by atoms with Crippen molar-refractivity contribution in [2.24, 2.45) is 10.9 Å². The smallest absolute Gasteiger partial charge is 0.132 e. The summed E-state index contributed by atoms with van der Waals surface area (Å²) in [6.07, 6.45) is 12.0. The topological polar surface area (TPSA) is 51.1 Å². The second-order valence-corrected chi connectivity index (χ2v) is 12.1. The van der Waals surface area contributed by atoms with Crippen molar-refractivity contribution in [1.82, 2.24) is 15.1 Å². The van der Waals surface area contributed by atoms with Crippen molar-refractivity contribution < 1.29 is 9.50 Å². The lowest BCUT2D eigenvalue weighted by molar-refractivity contribution is 0.0964. The second-order valence-electron chi connectivity index (χ2n) is 12.1. The summed E-state index contributed by atoms with van der Waals surface area (Å²) in [5.74, 6) is 0.144. The Morgan fingerprint density at radius 2 is 1.68 bits per heavy atom. The molecule has 1 aromatic rings. The first kappa shape index (κ1) is 39.3. The molecule has 2 aliphatic heterocycles. The van der Waals surface area contributed by atoms with Crippen LogP contribution in [0.2, 0.25) is 0 Å². The Kier molecular flexibility index (Phi) is 19.6. The average molecular weight is 611 g/mol. The van der Waals surface area contributed by atoms with Gasteiger partial charge in [0.05, 0.1) is 11.5 Å². The van der Waals surface area contributed by atoms with Crippen LogP contribution < -0.4 is 5.32 Å². The highest BCUT2D eigenvalue weighted by Crippen LogP contribution is 2.21. The number of aliphatic hydroxyl groups excluding tert-OH is 1. The normalized spacial score (nSPS) is 18.5. The first-order chi connectivity index (χ1) is 21.0. The standard InChI is InChI=1S/C19H28N2O.C17H29FN2.C2H6/c1-7-20-17(6)19(22)11-15(4)16(5)21-12-18-9-8-13(2)14(3)10-18;1-15(6-7-16(2)18)14-19-12-8-17(9-13-19)20-10-4-3-5-11-20;1-2/h8-11,15,21-22H,5,7,12H2,1-4,6H3;6-7,17H,3-5,8-14H2,1-2H3;1-2H3/b19-11+,20-17?;15-6+,16-7+;. The number of piperidine rings is 2. The molecule has 0 aliphatic carbocycles. The van der Waals surface area contributed by atoms with E-state index in [1.165, 1.54) is 87.5 Å². The number of nitrogens with zero attached hydrogens (tertiary/aromatic N) is 3. The lowest BCUT2D eigenvalue weighted by atomic mass is 9.99. The van der Waals surface area contributed by atoms with Crippen molar-refractivity contribution in [2.75, 3.05) is 39.3 Å². The van der Waals surface area contributed by atoms with Gasteiger partial charge in [-0.15, -0.1) is 0 Å². The molecular formula is C38H63FN4O. The van der Waals surface area contributed by atoms with Gasteiger partial charge in [-0.25, -0.2) is 4.39 Å². The molecule has 248 valence electrons. The molecular weight excluding hydrogens is 547 g/mol. The summed E-state index contributed by atoms with van der Waals surface area (Å²) in [6.45, 7) is 29.0. The number of allylic oxidation sites excluding steroid dienone is 5. The number of hydrogen-bond donors (Lipinski definition) is 2. The zero-order valence-electron chi connectivity index (χ0n) is 29.5. The predicted octanol–water partition coefficient (Wildman–Crippen LogP) is 9.25. The molecule has 0 radical (unpaired) electrons. The van der Waals surface area contributed by atoms with Crippen LogP contribution in [0.5, 0.6) is 0 Å². The molecule has 5 nitrogen and oxygen atoms in total. The molecule has 44 heavy (non-hydrogen) atoms. The van der Waals surface area contributed by atoms with Crippen LogP contribution in [0.15, 0.2) is 70.9 Å². The van der Waals surface area contributed by atoms with Crippen LogP contribution in [0.1, 0.15) is 97.3 Å². The molecule has 2 N–H and O–H groups in total. The maximum atomic E-state index is 12.7. The maximum Gasteiger partial charge on any atom is 0.132 e. The van der Waals surface area contributed by atoms with Crippen molar-refractivity contribution in [3.05, 3.63) is 82.6 Å². The summed E-state index contributed by atoms with van der Waals surface area (Å²) in [6, 6.07) is 7.25.